The molecule has 1 saturated heterocycles. The molecule has 5 nitrogen and oxygen atoms in total. The molecule has 1 amide bonds. The lowest BCUT2D eigenvalue weighted by Gasteiger charge is -2.25. The van der Waals surface area contributed by atoms with Crippen molar-refractivity contribution >= 4 is 27.2 Å². The molecule has 0 aromatic heterocycles. The zero-order chi connectivity index (χ0) is 21.8. The molecule has 2 aromatic carbocycles. The fraction of sp³-hybridized carbons (Fsp3) is 0.286. The van der Waals surface area contributed by atoms with E-state index in [4.69, 9.17) is 0 Å². The number of carbonyl (C=O) groups excluding carboxylic acids is 1. The first kappa shape index (κ1) is 22.0. The third kappa shape index (κ3) is 5.28. The van der Waals surface area contributed by atoms with Gasteiger partial charge in [0.2, 0.25) is 15.9 Å². The Morgan fingerprint density at radius 3 is 2.10 bits per heavy atom. The van der Waals surface area contributed by atoms with Crippen molar-refractivity contribution in [1.29, 1.82) is 0 Å². The van der Waals surface area contributed by atoms with Gasteiger partial charge in [0, 0.05) is 24.9 Å². The van der Waals surface area contributed by atoms with E-state index in [2.05, 4.69) is 5.32 Å². The molecule has 3 rings (SSSR count). The summed E-state index contributed by atoms with van der Waals surface area (Å²) in [6, 6.07) is 12.4. The van der Waals surface area contributed by atoms with Crippen LogP contribution in [0.5, 0.6) is 0 Å². The highest BCUT2D eigenvalue weighted by atomic mass is 32.2. The third-order valence-electron chi connectivity index (χ3n) is 4.74. The number of alkyl halides is 3. The van der Waals surface area contributed by atoms with Crippen molar-refractivity contribution in [2.75, 3.05) is 18.4 Å². The number of hydrogen-bond donors (Lipinski definition) is 1. The predicted molar refractivity (Wildman–Crippen MR) is 108 cm³/mol. The van der Waals surface area contributed by atoms with Crippen LogP contribution in [-0.4, -0.2) is 37.9 Å². The second-order valence-corrected chi connectivity index (χ2v) is 8.84. The SMILES string of the molecule is O=C(/C=C(\c1ccccc1)C(F)(F)F)Nc1ccc(S(=O)(=O)N2CCCCC2)cc1. The first-order chi connectivity index (χ1) is 14.2. The van der Waals surface area contributed by atoms with Crippen molar-refractivity contribution in [3.63, 3.8) is 0 Å². The van der Waals surface area contributed by atoms with Crippen LogP contribution in [0.3, 0.4) is 0 Å². The van der Waals surface area contributed by atoms with Crippen LogP contribution in [0.25, 0.3) is 5.57 Å². The summed E-state index contributed by atoms with van der Waals surface area (Å²) in [5.41, 5.74) is -0.989. The summed E-state index contributed by atoms with van der Waals surface area (Å²) in [5, 5.41) is 2.35. The predicted octanol–water partition coefficient (Wildman–Crippen LogP) is 4.45. The van der Waals surface area contributed by atoms with Gasteiger partial charge in [0.05, 0.1) is 10.5 Å². The molecule has 0 aliphatic carbocycles. The molecule has 1 aliphatic heterocycles. The molecule has 0 saturated carbocycles. The van der Waals surface area contributed by atoms with Crippen molar-refractivity contribution < 1.29 is 26.4 Å². The lowest BCUT2D eigenvalue weighted by atomic mass is 10.1. The van der Waals surface area contributed by atoms with Crippen molar-refractivity contribution in [2.24, 2.45) is 0 Å². The zero-order valence-electron chi connectivity index (χ0n) is 16.0. The number of nitrogens with zero attached hydrogens (tertiary/aromatic N) is 1. The molecular formula is C21H21F3N2O3S. The molecule has 0 radical (unpaired) electrons. The Kier molecular flexibility index (Phi) is 6.62. The number of anilines is 1. The standard InChI is InChI=1S/C21H21F3N2O3S/c22-21(23,24)19(16-7-3-1-4-8-16)15-20(27)25-17-9-11-18(12-10-17)30(28,29)26-13-5-2-6-14-26/h1,3-4,7-12,15H,2,5-6,13-14H2,(H,25,27)/b19-15+. The van der Waals surface area contributed by atoms with E-state index < -0.39 is 27.7 Å². The molecule has 1 fully saturated rings. The Morgan fingerprint density at radius 1 is 0.933 bits per heavy atom. The molecule has 2 aromatic rings. The Balaban J connectivity index is 1.76. The number of nitrogens with one attached hydrogen (secondary N) is 1. The van der Waals surface area contributed by atoms with Gasteiger partial charge in [0.15, 0.2) is 0 Å². The Bertz CT molecular complexity index is 1010. The molecule has 1 aliphatic rings. The second-order valence-electron chi connectivity index (χ2n) is 6.90. The summed E-state index contributed by atoms with van der Waals surface area (Å²) in [4.78, 5) is 12.2. The van der Waals surface area contributed by atoms with Crippen LogP contribution < -0.4 is 5.32 Å². The van der Waals surface area contributed by atoms with Crippen molar-refractivity contribution in [2.45, 2.75) is 30.3 Å². The molecule has 0 spiro atoms. The van der Waals surface area contributed by atoms with Gasteiger partial charge in [-0.25, -0.2) is 8.42 Å². The smallest absolute Gasteiger partial charge is 0.322 e. The number of halogens is 3. The number of carbonyl (C=O) groups is 1. The number of rotatable bonds is 5. The first-order valence-electron chi connectivity index (χ1n) is 9.43. The quantitative estimate of drug-likeness (QED) is 0.702. The van der Waals surface area contributed by atoms with Crippen molar-refractivity contribution in [3.05, 3.63) is 66.2 Å². The summed E-state index contributed by atoms with van der Waals surface area (Å²) in [6.07, 6.45) is -1.60. The molecule has 9 heteroatoms. The average molecular weight is 438 g/mol. The van der Waals surface area contributed by atoms with E-state index in [9.17, 15) is 26.4 Å². The number of benzene rings is 2. The number of amides is 1. The molecular weight excluding hydrogens is 417 g/mol. The second kappa shape index (κ2) is 9.01. The minimum atomic E-state index is -4.70. The van der Waals surface area contributed by atoms with E-state index >= 15 is 0 Å². The van der Waals surface area contributed by atoms with Crippen LogP contribution in [0.4, 0.5) is 18.9 Å². The maximum absolute atomic E-state index is 13.3. The van der Waals surface area contributed by atoms with Gasteiger partial charge in [-0.05, 0) is 42.7 Å². The van der Waals surface area contributed by atoms with E-state index in [1.54, 1.807) is 6.07 Å². The number of sulfonamides is 1. The molecule has 1 N–H and O–H groups in total. The van der Waals surface area contributed by atoms with Gasteiger partial charge >= 0.3 is 6.18 Å². The van der Waals surface area contributed by atoms with Crippen molar-refractivity contribution in [3.8, 4) is 0 Å². The monoisotopic (exact) mass is 438 g/mol. The van der Waals surface area contributed by atoms with Crippen LogP contribution >= 0.6 is 0 Å². The highest BCUT2D eigenvalue weighted by molar-refractivity contribution is 7.89. The topological polar surface area (TPSA) is 66.5 Å². The van der Waals surface area contributed by atoms with Crippen LogP contribution in [0.15, 0.2) is 65.6 Å². The van der Waals surface area contributed by atoms with Crippen LogP contribution in [0, 0.1) is 0 Å². The van der Waals surface area contributed by atoms with Gasteiger partial charge in [0.1, 0.15) is 0 Å². The van der Waals surface area contributed by atoms with Gasteiger partial charge in [-0.2, -0.15) is 17.5 Å². The van der Waals surface area contributed by atoms with Crippen LogP contribution in [0.1, 0.15) is 24.8 Å². The summed E-state index contributed by atoms with van der Waals surface area (Å²) in [6.45, 7) is 0.927. The van der Waals surface area contributed by atoms with Crippen LogP contribution in [0.2, 0.25) is 0 Å². The lowest BCUT2D eigenvalue weighted by Crippen LogP contribution is -2.35. The molecule has 0 unspecified atom stereocenters. The van der Waals surface area contributed by atoms with E-state index in [0.29, 0.717) is 19.2 Å². The zero-order valence-corrected chi connectivity index (χ0v) is 16.8. The third-order valence-corrected chi connectivity index (χ3v) is 6.65. The minimum absolute atomic E-state index is 0.0817. The molecule has 0 atom stereocenters. The Labute approximate surface area is 173 Å². The molecule has 160 valence electrons. The van der Waals surface area contributed by atoms with E-state index in [1.807, 2.05) is 0 Å². The van der Waals surface area contributed by atoms with Gasteiger partial charge in [-0.1, -0.05) is 36.8 Å². The fourth-order valence-corrected chi connectivity index (χ4v) is 4.74. The van der Waals surface area contributed by atoms with Crippen LogP contribution in [-0.2, 0) is 14.8 Å². The van der Waals surface area contributed by atoms with E-state index in [0.717, 1.165) is 19.3 Å². The van der Waals surface area contributed by atoms with Gasteiger partial charge in [-0.3, -0.25) is 4.79 Å². The van der Waals surface area contributed by atoms with Gasteiger partial charge < -0.3 is 5.32 Å². The van der Waals surface area contributed by atoms with Gasteiger partial charge in [-0.15, -0.1) is 0 Å². The largest absolute Gasteiger partial charge is 0.417 e. The molecule has 0 bridgehead atoms. The Morgan fingerprint density at radius 2 is 1.53 bits per heavy atom. The highest BCUT2D eigenvalue weighted by Gasteiger charge is 2.35. The molecule has 1 heterocycles. The maximum Gasteiger partial charge on any atom is 0.417 e. The fourth-order valence-electron chi connectivity index (χ4n) is 3.22. The number of allylic oxidation sites excluding steroid dienone is 1. The average Bonchev–Trinajstić information content (AvgIpc) is 2.73. The summed E-state index contributed by atoms with van der Waals surface area (Å²) >= 11 is 0. The number of hydrogen-bond acceptors (Lipinski definition) is 3. The van der Waals surface area contributed by atoms with E-state index in [-0.39, 0.29) is 16.1 Å². The highest BCUT2D eigenvalue weighted by Crippen LogP contribution is 2.33. The number of piperidine rings is 1. The lowest BCUT2D eigenvalue weighted by molar-refractivity contribution is -0.112. The van der Waals surface area contributed by atoms with E-state index in [1.165, 1.54) is 52.8 Å². The maximum atomic E-state index is 13.3. The summed E-state index contributed by atoms with van der Waals surface area (Å²) in [7, 11) is -3.62. The Hall–Kier alpha value is -2.65. The summed E-state index contributed by atoms with van der Waals surface area (Å²) in [5.74, 6) is -0.960. The normalized spacial score (nSPS) is 16.3. The minimum Gasteiger partial charge on any atom is -0.322 e. The van der Waals surface area contributed by atoms with Crippen molar-refractivity contribution in [1.82, 2.24) is 4.31 Å². The van der Waals surface area contributed by atoms with Gasteiger partial charge in [0.25, 0.3) is 0 Å². The summed E-state index contributed by atoms with van der Waals surface area (Å²) < 4.78 is 66.7. The molecule has 30 heavy (non-hydrogen) atoms. The first-order valence-corrected chi connectivity index (χ1v) is 10.9.